The maximum absolute atomic E-state index is 8.51. The van der Waals surface area contributed by atoms with E-state index in [9.17, 15) is 0 Å². The molecule has 3 N–H and O–H groups in total. The van der Waals surface area contributed by atoms with Crippen LogP contribution in [0.2, 0.25) is 0 Å². The fourth-order valence-corrected chi connectivity index (χ4v) is 0. The summed E-state index contributed by atoms with van der Waals surface area (Å²) in [4.78, 5) is 7.04. The predicted molar refractivity (Wildman–Crippen MR) is 25.6 cm³/mol. The largest absolute Gasteiger partial charge is 1.00 e. The van der Waals surface area contributed by atoms with Gasteiger partial charge in [0.2, 0.25) is 0 Å². The Morgan fingerprint density at radius 1 is 1.86 bits per heavy atom. The zero-order chi connectivity index (χ0) is 5.41. The first-order valence-corrected chi connectivity index (χ1v) is 2.19. The van der Waals surface area contributed by atoms with Crippen molar-refractivity contribution in [2.45, 2.75) is 0 Å². The molecule has 1 unspecified atom stereocenters. The number of hydrogen-bond acceptors (Lipinski definition) is 2. The van der Waals surface area contributed by atoms with Crippen LogP contribution in [-0.2, 0) is 4.57 Å². The molecule has 0 heterocycles. The first kappa shape index (κ1) is 15.7. The number of hydrogen-bond donors (Lipinski definition) is 2. The van der Waals surface area contributed by atoms with E-state index in [1.165, 1.54) is 0 Å². The average Bonchev–Trinajstić information content (AvgIpc) is 1.39. The van der Waals surface area contributed by atoms with Gasteiger partial charge in [0.05, 0.1) is 0 Å². The molecular formula is C2H8NNaO2P+. The van der Waals surface area contributed by atoms with Crippen molar-refractivity contribution in [2.24, 2.45) is 5.73 Å². The maximum Gasteiger partial charge on any atom is 1.00 e. The summed E-state index contributed by atoms with van der Waals surface area (Å²) in [5.74, 6) is 0. The van der Waals surface area contributed by atoms with Gasteiger partial charge in [0, 0.05) is 0 Å². The van der Waals surface area contributed by atoms with Gasteiger partial charge in [-0.3, -0.25) is 0 Å². The Hall–Kier alpha value is 1.02. The molecule has 0 bridgehead atoms. The molecule has 5 heteroatoms. The molecule has 0 saturated carbocycles. The first-order valence-electron chi connectivity index (χ1n) is 1.34. The molecular weight excluding hydrogens is 124 g/mol. The number of nitrogens with two attached hydrogens (primary N) is 1. The van der Waals surface area contributed by atoms with E-state index in [0.29, 0.717) is 6.54 Å². The molecule has 0 aliphatic carbocycles. The Morgan fingerprint density at radius 3 is 1.86 bits per heavy atom. The zero-order valence-electron chi connectivity index (χ0n) is 4.35. The van der Waals surface area contributed by atoms with Crippen LogP contribution in [0.25, 0.3) is 0 Å². The van der Waals surface area contributed by atoms with Crippen LogP contribution in [0.15, 0.2) is 0 Å². The first-order chi connectivity index (χ1) is 2.83. The molecule has 0 aromatic rings. The van der Waals surface area contributed by atoms with E-state index >= 15 is 0 Å². The van der Waals surface area contributed by atoms with Crippen molar-refractivity contribution in [3.8, 4) is 0 Å². The summed E-state index contributed by atoms with van der Waals surface area (Å²) in [5, 5.41) is 0. The van der Waals surface area contributed by atoms with E-state index in [4.69, 9.17) is 15.2 Å². The Morgan fingerprint density at radius 2 is 1.86 bits per heavy atom. The molecule has 0 amide bonds. The minimum absolute atomic E-state index is 0. The SMILES string of the molecule is O=[PH+]O.[CH2-]CN.[Na+]. The monoisotopic (exact) mass is 132 g/mol. The van der Waals surface area contributed by atoms with Gasteiger partial charge in [-0.1, -0.05) is 0 Å². The molecule has 0 rings (SSSR count). The van der Waals surface area contributed by atoms with Crippen LogP contribution in [0.5, 0.6) is 0 Å². The maximum atomic E-state index is 8.51. The second-order valence-electron chi connectivity index (χ2n) is 0.380. The standard InChI is InChI=1S/C2H6N.Na.HO2P/c1-2-3;;1-3-2/h1-3H2;;3H/q-1;+1;/p+1. The Bertz CT molecular complexity index is 29.7. The minimum Gasteiger partial charge on any atom is -0.360 e. The third-order valence-corrected chi connectivity index (χ3v) is 0. The molecule has 1 atom stereocenters. The van der Waals surface area contributed by atoms with Gasteiger partial charge in [0.15, 0.2) is 0 Å². The van der Waals surface area contributed by atoms with E-state index in [2.05, 4.69) is 6.92 Å². The summed E-state index contributed by atoms with van der Waals surface area (Å²) in [7, 11) is -1.17. The van der Waals surface area contributed by atoms with Gasteiger partial charge < -0.3 is 12.7 Å². The molecule has 0 fully saturated rings. The van der Waals surface area contributed by atoms with Gasteiger partial charge in [-0.15, -0.1) is 6.54 Å². The van der Waals surface area contributed by atoms with Crippen molar-refractivity contribution in [2.75, 3.05) is 6.54 Å². The fourth-order valence-electron chi connectivity index (χ4n) is 0. The molecule has 0 aromatic carbocycles. The topological polar surface area (TPSA) is 63.3 Å². The van der Waals surface area contributed by atoms with Crippen LogP contribution in [0, 0.1) is 6.92 Å². The minimum atomic E-state index is -1.17. The smallest absolute Gasteiger partial charge is 0.360 e. The van der Waals surface area contributed by atoms with Crippen molar-refractivity contribution < 1.29 is 39.0 Å². The van der Waals surface area contributed by atoms with Crippen LogP contribution < -0.4 is 35.3 Å². The molecule has 7 heavy (non-hydrogen) atoms. The molecule has 0 aliphatic rings. The second-order valence-corrected chi connectivity index (χ2v) is 0.563. The molecule has 0 aromatic heterocycles. The second kappa shape index (κ2) is 27.9. The summed E-state index contributed by atoms with van der Waals surface area (Å²) in [6, 6.07) is 0. The van der Waals surface area contributed by atoms with Crippen LogP contribution in [0.3, 0.4) is 0 Å². The molecule has 0 aliphatic heterocycles. The van der Waals surface area contributed by atoms with Crippen LogP contribution in [0.1, 0.15) is 0 Å². The molecule has 38 valence electrons. The van der Waals surface area contributed by atoms with Crippen LogP contribution in [0.4, 0.5) is 0 Å². The molecule has 0 saturated heterocycles. The van der Waals surface area contributed by atoms with Crippen molar-refractivity contribution >= 4 is 8.69 Å². The molecule has 0 radical (unpaired) electrons. The van der Waals surface area contributed by atoms with Crippen molar-refractivity contribution in [1.82, 2.24) is 0 Å². The van der Waals surface area contributed by atoms with Crippen molar-refractivity contribution in [3.63, 3.8) is 0 Å². The van der Waals surface area contributed by atoms with Gasteiger partial charge >= 0.3 is 38.2 Å². The van der Waals surface area contributed by atoms with E-state index in [-0.39, 0.29) is 29.6 Å². The van der Waals surface area contributed by atoms with Gasteiger partial charge in [0.1, 0.15) is 0 Å². The molecule has 0 spiro atoms. The third-order valence-electron chi connectivity index (χ3n) is 0. The summed E-state index contributed by atoms with van der Waals surface area (Å²) in [5.41, 5.74) is 4.74. The van der Waals surface area contributed by atoms with E-state index in [0.717, 1.165) is 0 Å². The van der Waals surface area contributed by atoms with Crippen LogP contribution >= 0.6 is 8.69 Å². The average molecular weight is 132 g/mol. The van der Waals surface area contributed by atoms with Gasteiger partial charge in [0.25, 0.3) is 0 Å². The Kier molecular flexibility index (Phi) is 62.5. The van der Waals surface area contributed by atoms with Gasteiger partial charge in [-0.25, -0.2) is 0 Å². The Balaban J connectivity index is -0.0000000400. The van der Waals surface area contributed by atoms with Gasteiger partial charge in [-0.05, 0) is 4.57 Å². The summed E-state index contributed by atoms with van der Waals surface area (Å²) < 4.78 is 8.51. The summed E-state index contributed by atoms with van der Waals surface area (Å²) in [6.07, 6.45) is 0. The fraction of sp³-hybridized carbons (Fsp3) is 0.500. The quantitative estimate of drug-likeness (QED) is 0.206. The van der Waals surface area contributed by atoms with E-state index < -0.39 is 8.69 Å². The summed E-state index contributed by atoms with van der Waals surface area (Å²) in [6.45, 7) is 3.76. The normalized spacial score (nSPS) is 5.57. The van der Waals surface area contributed by atoms with E-state index in [1.807, 2.05) is 0 Å². The van der Waals surface area contributed by atoms with E-state index in [1.54, 1.807) is 0 Å². The van der Waals surface area contributed by atoms with Crippen molar-refractivity contribution in [3.05, 3.63) is 6.92 Å². The predicted octanol–water partition coefficient (Wildman–Crippen LogP) is -3.30. The van der Waals surface area contributed by atoms with Crippen LogP contribution in [-0.4, -0.2) is 11.4 Å². The van der Waals surface area contributed by atoms with Crippen molar-refractivity contribution in [1.29, 1.82) is 0 Å². The molecule has 3 nitrogen and oxygen atoms in total. The van der Waals surface area contributed by atoms with Gasteiger partial charge in [-0.2, -0.15) is 4.89 Å². The Labute approximate surface area is 66.9 Å². The third kappa shape index (κ3) is 170. The zero-order valence-corrected chi connectivity index (χ0v) is 7.35. The number of rotatable bonds is 0. The summed E-state index contributed by atoms with van der Waals surface area (Å²) >= 11 is 0.